The molecule has 1 unspecified atom stereocenters. The first-order valence-corrected chi connectivity index (χ1v) is 7.87. The molecule has 1 N–H and O–H groups in total. The maximum Gasteiger partial charge on any atom is 0.132 e. The molecule has 2 aromatic heterocycles. The van der Waals surface area contributed by atoms with Crippen LogP contribution in [0.25, 0.3) is 20.7 Å². The van der Waals surface area contributed by atoms with Crippen LogP contribution in [0.5, 0.6) is 0 Å². The molecule has 123 valence electrons. The Morgan fingerprint density at radius 3 is 2.48 bits per heavy atom. The zero-order chi connectivity index (χ0) is 15.9. The number of aliphatic hydroxyl groups excluding tert-OH is 1. The maximum atomic E-state index is 10.1. The van der Waals surface area contributed by atoms with Gasteiger partial charge in [-0.3, -0.25) is 4.79 Å². The van der Waals surface area contributed by atoms with Crippen LogP contribution in [0.15, 0.2) is 48.7 Å². The van der Waals surface area contributed by atoms with Crippen LogP contribution in [-0.4, -0.2) is 22.0 Å². The molecule has 2 heterocycles. The molecule has 0 bridgehead atoms. The summed E-state index contributed by atoms with van der Waals surface area (Å²) in [7, 11) is 0. The summed E-state index contributed by atoms with van der Waals surface area (Å²) >= 11 is 1.73. The van der Waals surface area contributed by atoms with Crippen LogP contribution < -0.4 is 0 Å². The average molecular weight is 505 g/mol. The summed E-state index contributed by atoms with van der Waals surface area (Å²) in [5.41, 5.74) is 0.999. The van der Waals surface area contributed by atoms with Gasteiger partial charge in [-0.1, -0.05) is 24.3 Å². The zero-order valence-corrected chi connectivity index (χ0v) is 16.2. The molecule has 0 saturated heterocycles. The number of thiophene rings is 1. The Balaban J connectivity index is 0.000000287. The minimum Gasteiger partial charge on any atom is -0.393 e. The normalized spacial score (nSPS) is 11.1. The largest absolute Gasteiger partial charge is 0.393 e. The Hall–Kier alpha value is -1.39. The number of pyridine rings is 1. The van der Waals surface area contributed by atoms with Crippen molar-refractivity contribution < 1.29 is 30.0 Å². The second-order valence-electron chi connectivity index (χ2n) is 5.02. The number of carbonyl (C=O) groups excluding carboxylic acids is 1. The van der Waals surface area contributed by atoms with Gasteiger partial charge < -0.3 is 10.1 Å². The number of nitrogens with zero attached hydrogens (tertiary/aromatic N) is 1. The zero-order valence-electron chi connectivity index (χ0n) is 12.9. The molecule has 0 amide bonds. The van der Waals surface area contributed by atoms with Gasteiger partial charge in [0.05, 0.1) is 6.10 Å². The van der Waals surface area contributed by atoms with Gasteiger partial charge in [-0.05, 0) is 29.5 Å². The number of Topliss-reactive ketones (excluding diaryl/α,β-unsaturated/α-hetero) is 1. The SMILES string of the molecule is CC(=O)CC(C)O.[Ir].[c-]1c(-c2ccccn2)sc2ccccc12. The van der Waals surface area contributed by atoms with Gasteiger partial charge in [0.25, 0.3) is 0 Å². The molecule has 0 aliphatic heterocycles. The Kier molecular flexibility index (Phi) is 8.27. The van der Waals surface area contributed by atoms with Crippen molar-refractivity contribution in [3.05, 3.63) is 54.7 Å². The fourth-order valence-corrected chi connectivity index (χ4v) is 2.93. The van der Waals surface area contributed by atoms with Crippen molar-refractivity contribution in [3.63, 3.8) is 0 Å². The summed E-state index contributed by atoms with van der Waals surface area (Å²) in [6.07, 6.45) is 1.62. The second kappa shape index (κ2) is 9.68. The predicted octanol–water partition coefficient (Wildman–Crippen LogP) is 4.11. The fraction of sp³-hybridized carbons (Fsp3) is 0.222. The van der Waals surface area contributed by atoms with Crippen molar-refractivity contribution in [2.75, 3.05) is 0 Å². The molecule has 1 aromatic carbocycles. The van der Waals surface area contributed by atoms with E-state index in [2.05, 4.69) is 29.2 Å². The van der Waals surface area contributed by atoms with Crippen molar-refractivity contribution in [1.82, 2.24) is 4.98 Å². The van der Waals surface area contributed by atoms with Crippen LogP contribution in [-0.2, 0) is 24.9 Å². The van der Waals surface area contributed by atoms with Gasteiger partial charge in [0.15, 0.2) is 0 Å². The number of ketones is 1. The average Bonchev–Trinajstić information content (AvgIpc) is 2.91. The van der Waals surface area contributed by atoms with E-state index in [4.69, 9.17) is 5.11 Å². The molecule has 0 aliphatic rings. The number of rotatable bonds is 3. The Morgan fingerprint density at radius 1 is 1.26 bits per heavy atom. The van der Waals surface area contributed by atoms with Gasteiger partial charge in [-0.2, -0.15) is 0 Å². The second-order valence-corrected chi connectivity index (χ2v) is 6.07. The van der Waals surface area contributed by atoms with Crippen molar-refractivity contribution >= 4 is 27.2 Å². The van der Waals surface area contributed by atoms with E-state index in [1.54, 1.807) is 18.3 Å². The van der Waals surface area contributed by atoms with E-state index in [0.29, 0.717) is 0 Å². The molecule has 5 heteroatoms. The topological polar surface area (TPSA) is 50.2 Å². The van der Waals surface area contributed by atoms with Crippen LogP contribution in [0, 0.1) is 6.07 Å². The molecule has 1 radical (unpaired) electrons. The first kappa shape index (κ1) is 19.7. The van der Waals surface area contributed by atoms with Crippen molar-refractivity contribution in [3.8, 4) is 10.6 Å². The Morgan fingerprint density at radius 2 is 1.96 bits per heavy atom. The van der Waals surface area contributed by atoms with E-state index in [9.17, 15) is 4.79 Å². The van der Waals surface area contributed by atoms with Gasteiger partial charge in [0.2, 0.25) is 0 Å². The summed E-state index contributed by atoms with van der Waals surface area (Å²) in [5, 5.41) is 9.67. The minimum absolute atomic E-state index is 0. The summed E-state index contributed by atoms with van der Waals surface area (Å²) < 4.78 is 1.26. The minimum atomic E-state index is -0.475. The third-order valence-electron chi connectivity index (χ3n) is 2.83. The first-order valence-electron chi connectivity index (χ1n) is 7.06. The molecule has 1 atom stereocenters. The number of carbonyl (C=O) groups is 1. The molecular formula is C18H18IrNO2S-. The van der Waals surface area contributed by atoms with Crippen LogP contribution in [0.3, 0.4) is 0 Å². The van der Waals surface area contributed by atoms with E-state index in [1.807, 2.05) is 30.5 Å². The van der Waals surface area contributed by atoms with E-state index in [0.717, 1.165) is 10.6 Å². The molecule has 3 nitrogen and oxygen atoms in total. The molecule has 0 spiro atoms. The van der Waals surface area contributed by atoms with Gasteiger partial charge in [-0.25, -0.2) is 11.3 Å². The van der Waals surface area contributed by atoms with Crippen molar-refractivity contribution in [2.45, 2.75) is 26.4 Å². The van der Waals surface area contributed by atoms with Crippen LogP contribution in [0.4, 0.5) is 0 Å². The van der Waals surface area contributed by atoms with Gasteiger partial charge >= 0.3 is 0 Å². The van der Waals surface area contributed by atoms with Gasteiger partial charge in [-0.15, -0.1) is 23.6 Å². The number of hydrogen-bond acceptors (Lipinski definition) is 4. The summed E-state index contributed by atoms with van der Waals surface area (Å²) in [6.45, 7) is 3.06. The number of aliphatic hydroxyl groups is 1. The van der Waals surface area contributed by atoms with Crippen LogP contribution >= 0.6 is 11.3 Å². The monoisotopic (exact) mass is 505 g/mol. The Bertz CT molecular complexity index is 708. The third-order valence-corrected chi connectivity index (χ3v) is 3.92. The van der Waals surface area contributed by atoms with E-state index in [1.165, 1.54) is 17.0 Å². The molecule has 23 heavy (non-hydrogen) atoms. The van der Waals surface area contributed by atoms with E-state index >= 15 is 0 Å². The number of hydrogen-bond donors (Lipinski definition) is 1. The van der Waals surface area contributed by atoms with Crippen molar-refractivity contribution in [1.29, 1.82) is 0 Å². The summed E-state index contributed by atoms with van der Waals surface area (Å²) in [4.78, 5) is 15.5. The predicted molar refractivity (Wildman–Crippen MR) is 90.9 cm³/mol. The molecule has 3 aromatic rings. The Labute approximate surface area is 153 Å². The molecule has 0 saturated carbocycles. The van der Waals surface area contributed by atoms with Crippen molar-refractivity contribution in [2.24, 2.45) is 0 Å². The molecule has 0 fully saturated rings. The summed E-state index contributed by atoms with van der Waals surface area (Å²) in [6, 6.07) is 17.6. The maximum absolute atomic E-state index is 10.1. The van der Waals surface area contributed by atoms with Gasteiger partial charge in [0, 0.05) is 38.4 Å². The van der Waals surface area contributed by atoms with Crippen LogP contribution in [0.2, 0.25) is 0 Å². The number of fused-ring (bicyclic) bond motifs is 1. The van der Waals surface area contributed by atoms with E-state index < -0.39 is 6.10 Å². The first-order chi connectivity index (χ1) is 10.6. The smallest absolute Gasteiger partial charge is 0.132 e. The standard InChI is InChI=1S/C13H8NS.C5H10O2.Ir/c1-2-7-12-10(5-1)9-13(15-12)11-6-3-4-8-14-11;1-4(6)3-5(2)7;/h1-8H;4,6H,3H2,1-2H3;/q-1;;. The quantitative estimate of drug-likeness (QED) is 0.547. The van der Waals surface area contributed by atoms with Gasteiger partial charge in [0.1, 0.15) is 5.78 Å². The van der Waals surface area contributed by atoms with E-state index in [-0.39, 0.29) is 32.3 Å². The number of benzene rings is 1. The fourth-order valence-electron chi connectivity index (χ4n) is 1.95. The third kappa shape index (κ3) is 6.32. The molecular weight excluding hydrogens is 486 g/mol. The summed E-state index contributed by atoms with van der Waals surface area (Å²) in [5.74, 6) is 0.0370. The molecule has 0 aliphatic carbocycles. The number of aromatic nitrogens is 1. The van der Waals surface area contributed by atoms with Crippen LogP contribution in [0.1, 0.15) is 20.3 Å². The molecule has 3 rings (SSSR count).